The number of halogens is 1. The van der Waals surface area contributed by atoms with Crippen molar-refractivity contribution >= 4 is 11.8 Å². The maximum absolute atomic E-state index is 13.2. The first-order chi connectivity index (χ1) is 7.70. The minimum atomic E-state index is -0.120. The third-order valence-corrected chi connectivity index (χ3v) is 3.92. The maximum Gasteiger partial charge on any atom is 0.123 e. The molecule has 1 nitrogen and oxygen atoms in total. The molecule has 88 valence electrons. The van der Waals surface area contributed by atoms with Crippen LogP contribution in [0.3, 0.4) is 0 Å². The zero-order valence-corrected chi connectivity index (χ0v) is 10.6. The lowest BCUT2D eigenvalue weighted by Crippen LogP contribution is -2.31. The van der Waals surface area contributed by atoms with Gasteiger partial charge in [0.15, 0.2) is 0 Å². The third-order valence-electron chi connectivity index (χ3n) is 3.09. The fourth-order valence-electron chi connectivity index (χ4n) is 2.39. The minimum absolute atomic E-state index is 0.120. The van der Waals surface area contributed by atoms with Gasteiger partial charge in [0, 0.05) is 17.8 Å². The third kappa shape index (κ3) is 2.58. The molecule has 2 unspecified atom stereocenters. The number of fused-ring (bicyclic) bond motifs is 1. The molecule has 2 rings (SSSR count). The maximum atomic E-state index is 13.2. The highest BCUT2D eigenvalue weighted by Crippen LogP contribution is 2.31. The van der Waals surface area contributed by atoms with Gasteiger partial charge in [0.25, 0.3) is 0 Å². The number of hydrogen-bond acceptors (Lipinski definition) is 2. The van der Waals surface area contributed by atoms with Gasteiger partial charge < -0.3 is 5.32 Å². The molecule has 1 aromatic carbocycles. The van der Waals surface area contributed by atoms with Crippen LogP contribution in [0.4, 0.5) is 4.39 Å². The summed E-state index contributed by atoms with van der Waals surface area (Å²) in [6.45, 7) is 2.19. The Bertz CT molecular complexity index is 367. The zero-order valence-electron chi connectivity index (χ0n) is 9.79. The van der Waals surface area contributed by atoms with Gasteiger partial charge in [-0.1, -0.05) is 6.07 Å². The van der Waals surface area contributed by atoms with Crippen molar-refractivity contribution in [2.45, 2.75) is 31.8 Å². The van der Waals surface area contributed by atoms with Crippen molar-refractivity contribution in [2.24, 2.45) is 0 Å². The summed E-state index contributed by atoms with van der Waals surface area (Å²) in [5.74, 6) is 0.978. The number of nitrogens with one attached hydrogen (secondary N) is 1. The summed E-state index contributed by atoms with van der Waals surface area (Å²) in [5.41, 5.74) is 2.46. The summed E-state index contributed by atoms with van der Waals surface area (Å²) in [7, 11) is 0. The van der Waals surface area contributed by atoms with E-state index < -0.39 is 0 Å². The highest BCUT2D eigenvalue weighted by Gasteiger charge is 2.23. The van der Waals surface area contributed by atoms with Gasteiger partial charge in [0.2, 0.25) is 0 Å². The lowest BCUT2D eigenvalue weighted by molar-refractivity contribution is 0.478. The topological polar surface area (TPSA) is 12.0 Å². The van der Waals surface area contributed by atoms with Gasteiger partial charge in [-0.05, 0) is 49.3 Å². The van der Waals surface area contributed by atoms with Crippen molar-refractivity contribution in [1.82, 2.24) is 5.32 Å². The average molecular weight is 239 g/mol. The van der Waals surface area contributed by atoms with Crippen LogP contribution in [-0.2, 0) is 6.42 Å². The van der Waals surface area contributed by atoms with Crippen molar-refractivity contribution in [3.8, 4) is 0 Å². The van der Waals surface area contributed by atoms with Gasteiger partial charge in [-0.3, -0.25) is 0 Å². The van der Waals surface area contributed by atoms with Crippen LogP contribution in [0.15, 0.2) is 18.2 Å². The van der Waals surface area contributed by atoms with Crippen molar-refractivity contribution in [3.63, 3.8) is 0 Å². The molecule has 2 atom stereocenters. The summed E-state index contributed by atoms with van der Waals surface area (Å²) in [6, 6.07) is 5.99. The number of rotatable bonds is 4. The second-order valence-electron chi connectivity index (χ2n) is 4.46. The van der Waals surface area contributed by atoms with Crippen LogP contribution < -0.4 is 5.32 Å². The first-order valence-corrected chi connectivity index (χ1v) is 7.13. The summed E-state index contributed by atoms with van der Waals surface area (Å²) < 4.78 is 13.2. The van der Waals surface area contributed by atoms with Crippen molar-refractivity contribution in [2.75, 3.05) is 12.0 Å². The smallest absolute Gasteiger partial charge is 0.123 e. The van der Waals surface area contributed by atoms with Gasteiger partial charge in [0.05, 0.1) is 0 Å². The number of aryl methyl sites for hydroxylation is 1. The van der Waals surface area contributed by atoms with Crippen LogP contribution in [0, 0.1) is 5.82 Å². The molecule has 1 N–H and O–H groups in total. The monoisotopic (exact) mass is 239 g/mol. The zero-order chi connectivity index (χ0) is 11.5. The summed E-state index contributed by atoms with van der Waals surface area (Å²) >= 11 is 1.84. The van der Waals surface area contributed by atoms with E-state index in [9.17, 15) is 4.39 Å². The number of thioether (sulfide) groups is 1. The molecule has 3 heteroatoms. The Morgan fingerprint density at radius 1 is 1.56 bits per heavy atom. The van der Waals surface area contributed by atoms with Crippen molar-refractivity contribution in [1.29, 1.82) is 0 Å². The highest BCUT2D eigenvalue weighted by molar-refractivity contribution is 7.98. The Hall–Kier alpha value is -0.540. The molecule has 16 heavy (non-hydrogen) atoms. The van der Waals surface area contributed by atoms with E-state index in [1.54, 1.807) is 12.1 Å². The second-order valence-corrected chi connectivity index (χ2v) is 5.37. The second kappa shape index (κ2) is 5.19. The van der Waals surface area contributed by atoms with E-state index in [1.807, 2.05) is 17.8 Å². The Kier molecular flexibility index (Phi) is 3.87. The van der Waals surface area contributed by atoms with Gasteiger partial charge in [0.1, 0.15) is 5.82 Å². The molecule has 1 aliphatic carbocycles. The van der Waals surface area contributed by atoms with Gasteiger partial charge >= 0.3 is 0 Å². The van der Waals surface area contributed by atoms with Gasteiger partial charge in [-0.2, -0.15) is 11.8 Å². The van der Waals surface area contributed by atoms with E-state index in [-0.39, 0.29) is 5.82 Å². The largest absolute Gasteiger partial charge is 0.307 e. The summed E-state index contributed by atoms with van der Waals surface area (Å²) in [5, 5.41) is 3.58. The molecule has 0 saturated heterocycles. The van der Waals surface area contributed by atoms with E-state index in [0.29, 0.717) is 12.1 Å². The first-order valence-electron chi connectivity index (χ1n) is 5.74. The standard InChI is InChI=1S/C13H18FNS/c1-9(8-16-2)15-13-6-4-10-3-5-11(14)7-12(10)13/h3,5,7,9,13,15H,4,6,8H2,1-2H3. The Labute approximate surface area is 101 Å². The van der Waals surface area contributed by atoms with Crippen molar-refractivity contribution in [3.05, 3.63) is 35.1 Å². The number of hydrogen-bond donors (Lipinski definition) is 1. The fourth-order valence-corrected chi connectivity index (χ4v) is 2.98. The lowest BCUT2D eigenvalue weighted by Gasteiger charge is -2.19. The molecule has 0 aliphatic heterocycles. The van der Waals surface area contributed by atoms with Crippen molar-refractivity contribution < 1.29 is 4.39 Å². The highest BCUT2D eigenvalue weighted by atomic mass is 32.2. The van der Waals surface area contributed by atoms with Crippen LogP contribution in [0.2, 0.25) is 0 Å². The number of benzene rings is 1. The first kappa shape index (κ1) is 11.9. The molecule has 0 heterocycles. The lowest BCUT2D eigenvalue weighted by atomic mass is 10.1. The summed E-state index contributed by atoms with van der Waals surface area (Å²) in [4.78, 5) is 0. The molecule has 0 aromatic heterocycles. The predicted molar refractivity (Wildman–Crippen MR) is 68.4 cm³/mol. The molecule has 0 fully saturated rings. The van der Waals surface area contributed by atoms with Gasteiger partial charge in [-0.25, -0.2) is 4.39 Å². The van der Waals surface area contributed by atoms with Crippen LogP contribution in [0.1, 0.15) is 30.5 Å². The molecule has 0 spiro atoms. The van der Waals surface area contributed by atoms with E-state index in [2.05, 4.69) is 18.5 Å². The molecule has 1 aliphatic rings. The minimum Gasteiger partial charge on any atom is -0.307 e. The summed E-state index contributed by atoms with van der Waals surface area (Å²) in [6.07, 6.45) is 4.28. The molecule has 0 radical (unpaired) electrons. The van der Waals surface area contributed by atoms with E-state index in [1.165, 1.54) is 5.56 Å². The quantitative estimate of drug-likeness (QED) is 0.866. The molecular weight excluding hydrogens is 221 g/mol. The normalized spacial score (nSPS) is 20.8. The predicted octanol–water partition coefficient (Wildman–Crippen LogP) is 3.15. The van der Waals surface area contributed by atoms with Crippen LogP contribution in [-0.4, -0.2) is 18.1 Å². The van der Waals surface area contributed by atoms with E-state index in [0.717, 1.165) is 24.2 Å². The van der Waals surface area contributed by atoms with Crippen LogP contribution in [0.5, 0.6) is 0 Å². The van der Waals surface area contributed by atoms with E-state index in [4.69, 9.17) is 0 Å². The van der Waals surface area contributed by atoms with Crippen LogP contribution in [0.25, 0.3) is 0 Å². The van der Waals surface area contributed by atoms with E-state index >= 15 is 0 Å². The molecule has 0 amide bonds. The van der Waals surface area contributed by atoms with Gasteiger partial charge in [-0.15, -0.1) is 0 Å². The molecule has 0 saturated carbocycles. The Morgan fingerprint density at radius 3 is 3.12 bits per heavy atom. The molecule has 0 bridgehead atoms. The van der Waals surface area contributed by atoms with Crippen LogP contribution >= 0.6 is 11.8 Å². The fraction of sp³-hybridized carbons (Fsp3) is 0.538. The Morgan fingerprint density at radius 2 is 2.38 bits per heavy atom. The SMILES string of the molecule is CSCC(C)NC1CCc2ccc(F)cc21. The Balaban J connectivity index is 2.08. The molecular formula is C13H18FNS. The average Bonchev–Trinajstić information content (AvgIpc) is 2.61. The molecule has 1 aromatic rings.